The number of carboxylic acid groups (broad SMARTS) is 1. The molecule has 0 aliphatic carbocycles. The molecule has 2 amide bonds. The van der Waals surface area contributed by atoms with Gasteiger partial charge in [-0.05, 0) is 88.3 Å². The van der Waals surface area contributed by atoms with Gasteiger partial charge in [-0.25, -0.2) is 4.79 Å². The van der Waals surface area contributed by atoms with Crippen LogP contribution in [0.15, 0.2) is 24.3 Å². The van der Waals surface area contributed by atoms with Gasteiger partial charge in [0.05, 0.1) is 22.8 Å². The van der Waals surface area contributed by atoms with Gasteiger partial charge in [-0.15, -0.1) is 0 Å². The largest absolute Gasteiger partial charge is 0.494 e. The number of ether oxygens (including phenoxy) is 1. The Balaban J connectivity index is 1.47. The topological polar surface area (TPSA) is 130 Å². The van der Waals surface area contributed by atoms with E-state index in [1.54, 1.807) is 0 Å². The van der Waals surface area contributed by atoms with Crippen LogP contribution >= 0.6 is 23.2 Å². The van der Waals surface area contributed by atoms with E-state index in [4.69, 9.17) is 27.9 Å². The number of rotatable bonds is 8. The van der Waals surface area contributed by atoms with Gasteiger partial charge in [0.2, 0.25) is 0 Å². The first-order valence-corrected chi connectivity index (χ1v) is 15.7. The van der Waals surface area contributed by atoms with Crippen LogP contribution in [0.5, 0.6) is 5.75 Å². The highest BCUT2D eigenvalue weighted by atomic mass is 35.5. The second kappa shape index (κ2) is 13.1. The molecule has 0 bridgehead atoms. The number of carbonyl (C=O) groups is 3. The van der Waals surface area contributed by atoms with E-state index in [2.05, 4.69) is 15.4 Å². The van der Waals surface area contributed by atoms with Crippen molar-refractivity contribution in [2.75, 3.05) is 19.7 Å². The Labute approximate surface area is 271 Å². The number of nitrogens with one attached hydrogen (secondary N) is 2. The number of hydrogen-bond donors (Lipinski definition) is 3. The summed E-state index contributed by atoms with van der Waals surface area (Å²) in [4.78, 5) is 41.9. The van der Waals surface area contributed by atoms with E-state index in [1.807, 2.05) is 63.7 Å². The smallest absolute Gasteiger partial charge is 0.394 e. The normalized spacial score (nSPS) is 15.0. The van der Waals surface area contributed by atoms with E-state index >= 15 is 0 Å². The standard InChI is InChI=1S/C33H37Cl2N5O5/c1-17-14-22(15-18(2)28(17)35)45-13-7-9-23-24-10-11-25(34)27(26-19(3)38-39(5)20(26)4)29(24)37-30(23)31(41)36-21-8-6-12-40(16-21)32(42)33(43)44/h10-11,14-15,21,37H,6-9,12-13,16H2,1-5H3,(H,36,41)(H,43,44). The first kappa shape index (κ1) is 32.4. The number of aromatic nitrogens is 3. The summed E-state index contributed by atoms with van der Waals surface area (Å²) in [6.45, 7) is 8.68. The maximum Gasteiger partial charge on any atom is 0.394 e. The summed E-state index contributed by atoms with van der Waals surface area (Å²) in [5.41, 5.74) is 7.27. The molecule has 1 saturated heterocycles. The molecule has 1 atom stereocenters. The van der Waals surface area contributed by atoms with Gasteiger partial charge in [0.15, 0.2) is 0 Å². The van der Waals surface area contributed by atoms with Crippen LogP contribution < -0.4 is 10.1 Å². The summed E-state index contributed by atoms with van der Waals surface area (Å²) in [5, 5.41) is 18.9. The average molecular weight is 655 g/mol. The Morgan fingerprint density at radius 3 is 2.47 bits per heavy atom. The lowest BCUT2D eigenvalue weighted by atomic mass is 9.98. The molecule has 0 radical (unpaired) electrons. The Bertz CT molecular complexity index is 1790. The molecular formula is C33H37Cl2N5O5. The predicted octanol–water partition coefficient (Wildman–Crippen LogP) is 5.93. The van der Waals surface area contributed by atoms with Gasteiger partial charge in [0.25, 0.3) is 5.91 Å². The lowest BCUT2D eigenvalue weighted by Crippen LogP contribution is -2.51. The Kier molecular flexibility index (Phi) is 9.46. The Morgan fingerprint density at radius 2 is 1.82 bits per heavy atom. The number of amides is 2. The van der Waals surface area contributed by atoms with Crippen molar-refractivity contribution < 1.29 is 24.2 Å². The quantitative estimate of drug-likeness (QED) is 0.160. The first-order chi connectivity index (χ1) is 21.4. The minimum Gasteiger partial charge on any atom is -0.494 e. The molecule has 3 N–H and O–H groups in total. The molecule has 2 aromatic carbocycles. The van der Waals surface area contributed by atoms with Crippen LogP contribution in [0.25, 0.3) is 22.0 Å². The minimum absolute atomic E-state index is 0.130. The van der Waals surface area contributed by atoms with Gasteiger partial charge in [-0.2, -0.15) is 5.10 Å². The monoisotopic (exact) mass is 653 g/mol. The highest BCUT2D eigenvalue weighted by Gasteiger charge is 2.30. The van der Waals surface area contributed by atoms with Crippen molar-refractivity contribution in [3.8, 4) is 16.9 Å². The van der Waals surface area contributed by atoms with Gasteiger partial charge in [0.1, 0.15) is 11.4 Å². The molecular weight excluding hydrogens is 617 g/mol. The second-order valence-electron chi connectivity index (χ2n) is 11.7. The molecule has 12 heteroatoms. The van der Waals surface area contributed by atoms with Crippen LogP contribution in [0.3, 0.4) is 0 Å². The fraction of sp³-hybridized carbons (Fsp3) is 0.394. The van der Waals surface area contributed by atoms with E-state index < -0.39 is 11.9 Å². The van der Waals surface area contributed by atoms with Gasteiger partial charge in [-0.1, -0.05) is 29.3 Å². The number of aliphatic carboxylic acids is 1. The molecule has 1 fully saturated rings. The number of piperidine rings is 1. The van der Waals surface area contributed by atoms with E-state index in [0.717, 1.165) is 60.9 Å². The molecule has 10 nitrogen and oxygen atoms in total. The van der Waals surface area contributed by atoms with Crippen molar-refractivity contribution in [3.63, 3.8) is 0 Å². The fourth-order valence-electron chi connectivity index (χ4n) is 6.23. The number of aryl methyl sites for hydroxylation is 5. The third-order valence-corrected chi connectivity index (χ3v) is 9.41. The zero-order chi connectivity index (χ0) is 32.6. The zero-order valence-electron chi connectivity index (χ0n) is 26.0. The van der Waals surface area contributed by atoms with Crippen molar-refractivity contribution in [1.82, 2.24) is 25.0 Å². The summed E-state index contributed by atoms with van der Waals surface area (Å²) in [6, 6.07) is 7.20. The number of nitrogens with zero attached hydrogens (tertiary/aromatic N) is 3. The molecule has 4 aromatic rings. The fourth-order valence-corrected chi connectivity index (χ4v) is 6.59. The van der Waals surface area contributed by atoms with Gasteiger partial charge >= 0.3 is 11.9 Å². The number of aromatic amines is 1. The molecule has 2 aromatic heterocycles. The maximum atomic E-state index is 13.9. The molecule has 5 rings (SSSR count). The van der Waals surface area contributed by atoms with Crippen molar-refractivity contribution in [2.45, 2.75) is 59.4 Å². The van der Waals surface area contributed by atoms with Crippen LogP contribution in [0.4, 0.5) is 0 Å². The lowest BCUT2D eigenvalue weighted by Gasteiger charge is -2.32. The summed E-state index contributed by atoms with van der Waals surface area (Å²) in [5.74, 6) is -2.06. The van der Waals surface area contributed by atoms with Crippen molar-refractivity contribution >= 4 is 51.9 Å². The van der Waals surface area contributed by atoms with Crippen LogP contribution in [-0.2, 0) is 23.1 Å². The summed E-state index contributed by atoms with van der Waals surface area (Å²) in [6.07, 6.45) is 2.38. The molecule has 3 heterocycles. The molecule has 238 valence electrons. The molecule has 1 aliphatic heterocycles. The summed E-state index contributed by atoms with van der Waals surface area (Å²) < 4.78 is 7.88. The average Bonchev–Trinajstić information content (AvgIpc) is 3.49. The maximum absolute atomic E-state index is 13.9. The van der Waals surface area contributed by atoms with Crippen LogP contribution in [0.2, 0.25) is 10.0 Å². The summed E-state index contributed by atoms with van der Waals surface area (Å²) in [7, 11) is 1.88. The van der Waals surface area contributed by atoms with Crippen molar-refractivity contribution in [2.24, 2.45) is 7.05 Å². The number of fused-ring (bicyclic) bond motifs is 1. The van der Waals surface area contributed by atoms with Crippen molar-refractivity contribution in [1.29, 1.82) is 0 Å². The van der Waals surface area contributed by atoms with Crippen LogP contribution in [-0.4, -0.2) is 68.3 Å². The first-order valence-electron chi connectivity index (χ1n) is 14.9. The summed E-state index contributed by atoms with van der Waals surface area (Å²) >= 11 is 13.1. The SMILES string of the molecule is Cc1cc(OCCCc2c(C(=O)NC3CCCN(C(=O)C(=O)O)C3)[nH]c3c(-c4c(C)nn(C)c4C)c(Cl)ccc23)cc(C)c1Cl. The van der Waals surface area contributed by atoms with Gasteiger partial charge in [0, 0.05) is 53.4 Å². The number of H-pyrrole nitrogens is 1. The molecule has 45 heavy (non-hydrogen) atoms. The third-order valence-electron chi connectivity index (χ3n) is 8.49. The molecule has 1 unspecified atom stereocenters. The van der Waals surface area contributed by atoms with Crippen LogP contribution in [0.1, 0.15) is 57.8 Å². The van der Waals surface area contributed by atoms with E-state index in [-0.39, 0.29) is 18.5 Å². The Morgan fingerprint density at radius 1 is 1.11 bits per heavy atom. The van der Waals surface area contributed by atoms with Crippen molar-refractivity contribution in [3.05, 3.63) is 68.1 Å². The van der Waals surface area contributed by atoms with Gasteiger partial charge < -0.3 is 25.0 Å². The number of hydrogen-bond acceptors (Lipinski definition) is 5. The number of likely N-dealkylation sites (tertiary alicyclic amines) is 1. The Hall–Kier alpha value is -4.02. The number of carbonyl (C=O) groups excluding carboxylic acids is 2. The molecule has 1 aliphatic rings. The zero-order valence-corrected chi connectivity index (χ0v) is 27.5. The third kappa shape index (κ3) is 6.53. The highest BCUT2D eigenvalue weighted by molar-refractivity contribution is 6.35. The number of halogens is 2. The van der Waals surface area contributed by atoms with E-state index in [9.17, 15) is 19.5 Å². The number of carboxylic acids is 1. The predicted molar refractivity (Wildman–Crippen MR) is 174 cm³/mol. The van der Waals surface area contributed by atoms with E-state index in [1.165, 1.54) is 4.90 Å². The van der Waals surface area contributed by atoms with Crippen LogP contribution in [0, 0.1) is 27.7 Å². The minimum atomic E-state index is -1.50. The molecule has 0 saturated carbocycles. The van der Waals surface area contributed by atoms with E-state index in [0.29, 0.717) is 49.6 Å². The second-order valence-corrected chi connectivity index (χ2v) is 12.5. The lowest BCUT2D eigenvalue weighted by molar-refractivity contribution is -0.156. The highest BCUT2D eigenvalue weighted by Crippen LogP contribution is 2.40. The van der Waals surface area contributed by atoms with Gasteiger partial charge in [-0.3, -0.25) is 14.3 Å². The molecule has 0 spiro atoms. The number of benzene rings is 2.